The Hall–Kier alpha value is -2.44. The van der Waals surface area contributed by atoms with Crippen molar-refractivity contribution in [2.45, 2.75) is 18.9 Å². The van der Waals surface area contributed by atoms with Crippen LogP contribution in [-0.2, 0) is 4.79 Å². The minimum Gasteiger partial charge on any atom is -0.486 e. The maximum absolute atomic E-state index is 12.2. The molecule has 21 heavy (non-hydrogen) atoms. The lowest BCUT2D eigenvalue weighted by Crippen LogP contribution is -2.40. The van der Waals surface area contributed by atoms with Crippen molar-refractivity contribution in [3.8, 4) is 11.5 Å². The maximum atomic E-state index is 12.2. The molecule has 0 radical (unpaired) electrons. The molecule has 0 aromatic heterocycles. The van der Waals surface area contributed by atoms with Crippen LogP contribution in [0.3, 0.4) is 0 Å². The summed E-state index contributed by atoms with van der Waals surface area (Å²) in [5.74, 6) is 0.207. The first-order chi connectivity index (χ1) is 10.1. The minimum atomic E-state index is -1.01. The molecule has 2 aliphatic rings. The zero-order chi connectivity index (χ0) is 14.8. The second kappa shape index (κ2) is 5.51. The van der Waals surface area contributed by atoms with E-state index in [1.807, 2.05) is 0 Å². The van der Waals surface area contributed by atoms with Crippen LogP contribution in [0.25, 0.3) is 0 Å². The fourth-order valence-electron chi connectivity index (χ4n) is 2.22. The highest BCUT2D eigenvalue weighted by molar-refractivity contribution is 5.92. The fourth-order valence-corrected chi connectivity index (χ4v) is 2.22. The Balaban J connectivity index is 1.69. The molecule has 1 heterocycles. The number of nitrogens with one attached hydrogen (secondary N) is 1. The van der Waals surface area contributed by atoms with Crippen LogP contribution in [0.15, 0.2) is 18.2 Å². The van der Waals surface area contributed by atoms with Gasteiger partial charge in [-0.3, -0.25) is 4.79 Å². The Kier molecular flexibility index (Phi) is 3.55. The van der Waals surface area contributed by atoms with Crippen LogP contribution in [0.1, 0.15) is 12.8 Å². The molecule has 0 bridgehead atoms. The number of urea groups is 1. The van der Waals surface area contributed by atoms with Crippen molar-refractivity contribution in [1.82, 2.24) is 4.90 Å². The van der Waals surface area contributed by atoms with E-state index in [9.17, 15) is 9.59 Å². The van der Waals surface area contributed by atoms with Gasteiger partial charge in [0.15, 0.2) is 11.5 Å². The number of hydrogen-bond donors (Lipinski definition) is 2. The molecular weight excluding hydrogens is 276 g/mol. The molecule has 112 valence electrons. The number of carboxylic acid groups (broad SMARTS) is 1. The molecule has 1 fully saturated rings. The summed E-state index contributed by atoms with van der Waals surface area (Å²) in [6.45, 7) is 0.686. The molecule has 7 nitrogen and oxygen atoms in total. The summed E-state index contributed by atoms with van der Waals surface area (Å²) in [5.41, 5.74) is 0.556. The highest BCUT2D eigenvalue weighted by Gasteiger charge is 2.34. The average Bonchev–Trinajstić information content (AvgIpc) is 3.29. The average molecular weight is 292 g/mol. The summed E-state index contributed by atoms with van der Waals surface area (Å²) >= 11 is 0. The van der Waals surface area contributed by atoms with E-state index in [0.717, 1.165) is 12.8 Å². The number of carbonyl (C=O) groups is 2. The third kappa shape index (κ3) is 3.18. The summed E-state index contributed by atoms with van der Waals surface area (Å²) in [4.78, 5) is 24.4. The third-order valence-corrected chi connectivity index (χ3v) is 3.35. The summed E-state index contributed by atoms with van der Waals surface area (Å²) in [5, 5.41) is 11.6. The molecule has 0 unspecified atom stereocenters. The zero-order valence-corrected chi connectivity index (χ0v) is 11.4. The quantitative estimate of drug-likeness (QED) is 0.878. The van der Waals surface area contributed by atoms with E-state index >= 15 is 0 Å². The lowest BCUT2D eigenvalue weighted by atomic mass is 10.2. The van der Waals surface area contributed by atoms with Crippen LogP contribution in [0.2, 0.25) is 0 Å². The van der Waals surface area contributed by atoms with Gasteiger partial charge < -0.3 is 24.8 Å². The van der Waals surface area contributed by atoms with Crippen LogP contribution < -0.4 is 14.8 Å². The number of benzene rings is 1. The van der Waals surface area contributed by atoms with Crippen LogP contribution in [-0.4, -0.2) is 47.8 Å². The Bertz CT molecular complexity index is 570. The molecule has 0 atom stereocenters. The summed E-state index contributed by atoms with van der Waals surface area (Å²) in [6.07, 6.45) is 1.70. The first-order valence-corrected chi connectivity index (χ1v) is 6.82. The zero-order valence-electron chi connectivity index (χ0n) is 11.4. The lowest BCUT2D eigenvalue weighted by molar-refractivity contribution is -0.137. The standard InChI is InChI=1S/C14H16N2O5/c17-13(18)8-16(10-2-3-10)14(19)15-9-1-4-11-12(7-9)21-6-5-20-11/h1,4,7,10H,2-3,5-6,8H2,(H,15,19)(H,17,18). The Morgan fingerprint density at radius 3 is 2.62 bits per heavy atom. The van der Waals surface area contributed by atoms with E-state index in [1.165, 1.54) is 4.90 Å². The Morgan fingerprint density at radius 2 is 1.95 bits per heavy atom. The number of ether oxygens (including phenoxy) is 2. The molecule has 0 spiro atoms. The van der Waals surface area contributed by atoms with Gasteiger partial charge in [-0.2, -0.15) is 0 Å². The summed E-state index contributed by atoms with van der Waals surface area (Å²) < 4.78 is 10.9. The minimum absolute atomic E-state index is 0.0262. The van der Waals surface area contributed by atoms with Crippen molar-refractivity contribution in [1.29, 1.82) is 0 Å². The molecule has 3 rings (SSSR count). The molecule has 1 aromatic carbocycles. The summed E-state index contributed by atoms with van der Waals surface area (Å²) in [7, 11) is 0. The van der Waals surface area contributed by atoms with Gasteiger partial charge in [0.25, 0.3) is 0 Å². The molecule has 1 aliphatic heterocycles. The molecule has 2 amide bonds. The largest absolute Gasteiger partial charge is 0.486 e. The number of hydrogen-bond acceptors (Lipinski definition) is 4. The van der Waals surface area contributed by atoms with E-state index in [-0.39, 0.29) is 12.6 Å². The topological polar surface area (TPSA) is 88.1 Å². The number of fused-ring (bicyclic) bond motifs is 1. The Morgan fingerprint density at radius 1 is 1.24 bits per heavy atom. The molecule has 7 heteroatoms. The summed E-state index contributed by atoms with van der Waals surface area (Å²) in [6, 6.07) is 4.73. The van der Waals surface area contributed by atoms with Crippen molar-refractivity contribution < 1.29 is 24.2 Å². The van der Waals surface area contributed by atoms with Gasteiger partial charge in [0.05, 0.1) is 0 Å². The highest BCUT2D eigenvalue weighted by atomic mass is 16.6. The third-order valence-electron chi connectivity index (χ3n) is 3.35. The number of carbonyl (C=O) groups excluding carboxylic acids is 1. The van der Waals surface area contributed by atoms with Crippen LogP contribution in [0, 0.1) is 0 Å². The predicted molar refractivity (Wildman–Crippen MR) is 73.8 cm³/mol. The number of nitrogens with zero attached hydrogens (tertiary/aromatic N) is 1. The number of amides is 2. The second-order valence-electron chi connectivity index (χ2n) is 5.04. The predicted octanol–water partition coefficient (Wildman–Crippen LogP) is 1.54. The van der Waals surface area contributed by atoms with E-state index in [1.54, 1.807) is 18.2 Å². The SMILES string of the molecule is O=C(O)CN(C(=O)Nc1ccc2c(c1)OCCO2)C1CC1. The van der Waals surface area contributed by atoms with E-state index in [2.05, 4.69) is 5.32 Å². The van der Waals surface area contributed by atoms with Crippen LogP contribution >= 0.6 is 0 Å². The Labute approximate surface area is 121 Å². The van der Waals surface area contributed by atoms with Crippen molar-refractivity contribution in [2.24, 2.45) is 0 Å². The van der Waals surface area contributed by atoms with E-state index < -0.39 is 12.0 Å². The fraction of sp³-hybridized carbons (Fsp3) is 0.429. The van der Waals surface area contributed by atoms with Gasteiger partial charge >= 0.3 is 12.0 Å². The highest BCUT2D eigenvalue weighted by Crippen LogP contribution is 2.33. The van der Waals surface area contributed by atoms with E-state index in [4.69, 9.17) is 14.6 Å². The van der Waals surface area contributed by atoms with Crippen molar-refractivity contribution in [3.05, 3.63) is 18.2 Å². The van der Waals surface area contributed by atoms with Crippen molar-refractivity contribution in [2.75, 3.05) is 25.1 Å². The smallest absolute Gasteiger partial charge is 0.323 e. The van der Waals surface area contributed by atoms with Gasteiger partial charge in [0, 0.05) is 17.8 Å². The van der Waals surface area contributed by atoms with Gasteiger partial charge in [0.1, 0.15) is 19.8 Å². The van der Waals surface area contributed by atoms with Gasteiger partial charge in [-0.15, -0.1) is 0 Å². The van der Waals surface area contributed by atoms with Crippen molar-refractivity contribution >= 4 is 17.7 Å². The number of rotatable bonds is 4. The van der Waals surface area contributed by atoms with Crippen molar-refractivity contribution in [3.63, 3.8) is 0 Å². The van der Waals surface area contributed by atoms with E-state index in [0.29, 0.717) is 30.4 Å². The number of aliphatic carboxylic acids is 1. The van der Waals surface area contributed by atoms with Gasteiger partial charge in [-0.1, -0.05) is 0 Å². The normalized spacial score (nSPS) is 16.2. The molecule has 2 N–H and O–H groups in total. The van der Waals surface area contributed by atoms with Crippen LogP contribution in [0.4, 0.5) is 10.5 Å². The molecule has 1 saturated carbocycles. The number of anilines is 1. The first kappa shape index (κ1) is 13.5. The molecule has 1 aliphatic carbocycles. The van der Waals surface area contributed by atoms with Gasteiger partial charge in [0.2, 0.25) is 0 Å². The first-order valence-electron chi connectivity index (χ1n) is 6.82. The molecular formula is C14H16N2O5. The molecule has 0 saturated heterocycles. The second-order valence-corrected chi connectivity index (χ2v) is 5.04. The van der Waals surface area contributed by atoms with Crippen LogP contribution in [0.5, 0.6) is 11.5 Å². The van der Waals surface area contributed by atoms with Gasteiger partial charge in [-0.05, 0) is 25.0 Å². The number of carboxylic acids is 1. The molecule has 1 aromatic rings. The monoisotopic (exact) mass is 292 g/mol. The lowest BCUT2D eigenvalue weighted by Gasteiger charge is -2.22. The van der Waals surface area contributed by atoms with Gasteiger partial charge in [-0.25, -0.2) is 4.79 Å². The maximum Gasteiger partial charge on any atom is 0.323 e.